The highest BCUT2D eigenvalue weighted by atomic mass is 16.6. The third-order valence-electron chi connectivity index (χ3n) is 1.78. The highest BCUT2D eigenvalue weighted by molar-refractivity contribution is 4.77. The van der Waals surface area contributed by atoms with E-state index < -0.39 is 0 Å². The lowest BCUT2D eigenvalue weighted by molar-refractivity contribution is 0.345. The number of epoxide rings is 1. The molecule has 1 aliphatic rings. The summed E-state index contributed by atoms with van der Waals surface area (Å²) in [6.45, 7) is 7.65. The minimum Gasteiger partial charge on any atom is -0.354 e. The zero-order chi connectivity index (χ0) is 7.56. The van der Waals surface area contributed by atoms with Crippen molar-refractivity contribution < 1.29 is 4.74 Å². The van der Waals surface area contributed by atoms with Crippen LogP contribution in [0.5, 0.6) is 0 Å². The van der Waals surface area contributed by atoms with Gasteiger partial charge in [0.2, 0.25) is 0 Å². The van der Waals surface area contributed by atoms with Gasteiger partial charge < -0.3 is 4.74 Å². The predicted molar refractivity (Wildman–Crippen MR) is 41.8 cm³/mol. The monoisotopic (exact) mass is 143 g/mol. The van der Waals surface area contributed by atoms with Crippen LogP contribution < -0.4 is 5.32 Å². The zero-order valence-electron chi connectivity index (χ0n) is 7.05. The predicted octanol–water partition coefficient (Wildman–Crippen LogP) is 1.37. The fraction of sp³-hybridized carbons (Fsp3) is 1.00. The molecule has 1 aliphatic heterocycles. The molecule has 0 radical (unpaired) electrons. The SMILES string of the molecule is CC(C)CCNC1OC1C. The Morgan fingerprint density at radius 2 is 2.10 bits per heavy atom. The van der Waals surface area contributed by atoms with E-state index in [9.17, 15) is 0 Å². The van der Waals surface area contributed by atoms with E-state index in [1.165, 1.54) is 6.42 Å². The molecule has 2 atom stereocenters. The summed E-state index contributed by atoms with van der Waals surface area (Å²) in [6, 6.07) is 0. The van der Waals surface area contributed by atoms with E-state index >= 15 is 0 Å². The molecule has 1 rings (SSSR count). The van der Waals surface area contributed by atoms with Crippen molar-refractivity contribution in [2.45, 2.75) is 39.5 Å². The van der Waals surface area contributed by atoms with E-state index in [4.69, 9.17) is 4.74 Å². The number of rotatable bonds is 4. The summed E-state index contributed by atoms with van der Waals surface area (Å²) in [7, 11) is 0. The maximum absolute atomic E-state index is 5.19. The quantitative estimate of drug-likeness (QED) is 0.601. The van der Waals surface area contributed by atoms with E-state index in [1.807, 2.05) is 0 Å². The summed E-state index contributed by atoms with van der Waals surface area (Å²) in [4.78, 5) is 0. The molecule has 1 fully saturated rings. The van der Waals surface area contributed by atoms with Gasteiger partial charge in [0.1, 0.15) is 6.23 Å². The summed E-state index contributed by atoms with van der Waals surface area (Å²) in [6.07, 6.45) is 2.05. The van der Waals surface area contributed by atoms with Gasteiger partial charge in [-0.25, -0.2) is 0 Å². The van der Waals surface area contributed by atoms with Crippen molar-refractivity contribution in [2.24, 2.45) is 5.92 Å². The Kier molecular flexibility index (Phi) is 2.69. The van der Waals surface area contributed by atoms with Crippen LogP contribution in [0.3, 0.4) is 0 Å². The second-order valence-electron chi connectivity index (χ2n) is 3.40. The molecule has 0 aromatic carbocycles. The number of nitrogens with one attached hydrogen (secondary N) is 1. The minimum atomic E-state index is 0.360. The third kappa shape index (κ3) is 2.67. The molecule has 0 spiro atoms. The first-order chi connectivity index (χ1) is 4.70. The van der Waals surface area contributed by atoms with Crippen molar-refractivity contribution >= 4 is 0 Å². The van der Waals surface area contributed by atoms with E-state index in [-0.39, 0.29) is 0 Å². The van der Waals surface area contributed by atoms with Gasteiger partial charge in [-0.1, -0.05) is 13.8 Å². The van der Waals surface area contributed by atoms with Crippen LogP contribution in [0.1, 0.15) is 27.2 Å². The molecule has 0 aromatic rings. The van der Waals surface area contributed by atoms with Crippen molar-refractivity contribution in [3.63, 3.8) is 0 Å². The highest BCUT2D eigenvalue weighted by Gasteiger charge is 2.32. The van der Waals surface area contributed by atoms with Gasteiger partial charge in [-0.2, -0.15) is 0 Å². The molecule has 0 saturated carbocycles. The Morgan fingerprint density at radius 3 is 2.50 bits per heavy atom. The number of hydrogen-bond donors (Lipinski definition) is 1. The lowest BCUT2D eigenvalue weighted by Gasteiger charge is -2.03. The van der Waals surface area contributed by atoms with Crippen LogP contribution in [0.4, 0.5) is 0 Å². The van der Waals surface area contributed by atoms with Crippen molar-refractivity contribution in [1.29, 1.82) is 0 Å². The van der Waals surface area contributed by atoms with Gasteiger partial charge in [-0.05, 0) is 25.8 Å². The maximum Gasteiger partial charge on any atom is 0.134 e. The van der Waals surface area contributed by atoms with Crippen molar-refractivity contribution in [2.75, 3.05) is 6.54 Å². The summed E-state index contributed by atoms with van der Waals surface area (Å²) in [5.74, 6) is 0.793. The highest BCUT2D eigenvalue weighted by Crippen LogP contribution is 2.17. The average molecular weight is 143 g/mol. The number of hydrogen-bond acceptors (Lipinski definition) is 2. The summed E-state index contributed by atoms with van der Waals surface area (Å²) in [5.41, 5.74) is 0. The molecule has 1 N–H and O–H groups in total. The molecular weight excluding hydrogens is 126 g/mol. The smallest absolute Gasteiger partial charge is 0.134 e. The Labute approximate surface area is 63.0 Å². The third-order valence-corrected chi connectivity index (χ3v) is 1.78. The van der Waals surface area contributed by atoms with Gasteiger partial charge in [-0.3, -0.25) is 5.32 Å². The number of ether oxygens (including phenoxy) is 1. The molecule has 2 heteroatoms. The van der Waals surface area contributed by atoms with Gasteiger partial charge in [0.15, 0.2) is 0 Å². The second kappa shape index (κ2) is 3.35. The van der Waals surface area contributed by atoms with Crippen LogP contribution >= 0.6 is 0 Å². The van der Waals surface area contributed by atoms with E-state index in [1.54, 1.807) is 0 Å². The maximum atomic E-state index is 5.19. The molecule has 60 valence electrons. The Morgan fingerprint density at radius 1 is 1.50 bits per heavy atom. The van der Waals surface area contributed by atoms with Gasteiger partial charge in [0, 0.05) is 0 Å². The normalized spacial score (nSPS) is 31.2. The van der Waals surface area contributed by atoms with Crippen molar-refractivity contribution in [1.82, 2.24) is 5.32 Å². The van der Waals surface area contributed by atoms with E-state index in [0.29, 0.717) is 12.3 Å². The van der Waals surface area contributed by atoms with Gasteiger partial charge >= 0.3 is 0 Å². The zero-order valence-corrected chi connectivity index (χ0v) is 7.05. The standard InChI is InChI=1S/C8H17NO/c1-6(2)4-5-9-8-7(3)10-8/h6-9H,4-5H2,1-3H3. The van der Waals surface area contributed by atoms with Crippen LogP contribution in [0, 0.1) is 5.92 Å². The van der Waals surface area contributed by atoms with Gasteiger partial charge in [0.05, 0.1) is 6.10 Å². The largest absolute Gasteiger partial charge is 0.354 e. The molecule has 2 nitrogen and oxygen atoms in total. The molecule has 0 bridgehead atoms. The Balaban J connectivity index is 1.87. The van der Waals surface area contributed by atoms with Crippen LogP contribution in [0.25, 0.3) is 0 Å². The van der Waals surface area contributed by atoms with Crippen LogP contribution in [0.15, 0.2) is 0 Å². The average Bonchev–Trinajstić information content (AvgIpc) is 2.46. The first-order valence-corrected chi connectivity index (χ1v) is 4.09. The van der Waals surface area contributed by atoms with Gasteiger partial charge in [0.25, 0.3) is 0 Å². The molecule has 0 amide bonds. The molecular formula is C8H17NO. The molecule has 0 aliphatic carbocycles. The molecule has 1 heterocycles. The van der Waals surface area contributed by atoms with Crippen molar-refractivity contribution in [3.05, 3.63) is 0 Å². The molecule has 10 heavy (non-hydrogen) atoms. The molecule has 1 saturated heterocycles. The first-order valence-electron chi connectivity index (χ1n) is 4.09. The van der Waals surface area contributed by atoms with Gasteiger partial charge in [-0.15, -0.1) is 0 Å². The van der Waals surface area contributed by atoms with Crippen molar-refractivity contribution in [3.8, 4) is 0 Å². The lowest BCUT2D eigenvalue weighted by atomic mass is 10.1. The van der Waals surface area contributed by atoms with E-state index in [0.717, 1.165) is 12.5 Å². The Bertz CT molecular complexity index is 103. The van der Waals surface area contributed by atoms with E-state index in [2.05, 4.69) is 26.1 Å². The fourth-order valence-electron chi connectivity index (χ4n) is 0.914. The molecule has 0 aromatic heterocycles. The lowest BCUT2D eigenvalue weighted by Crippen LogP contribution is -2.21. The van der Waals surface area contributed by atoms with Crippen LogP contribution in [-0.4, -0.2) is 18.9 Å². The van der Waals surface area contributed by atoms with Crippen LogP contribution in [-0.2, 0) is 4.74 Å². The van der Waals surface area contributed by atoms with Crippen LogP contribution in [0.2, 0.25) is 0 Å². The summed E-state index contributed by atoms with van der Waals surface area (Å²) >= 11 is 0. The first kappa shape index (κ1) is 8.02. The fourth-order valence-corrected chi connectivity index (χ4v) is 0.914. The minimum absolute atomic E-state index is 0.360. The topological polar surface area (TPSA) is 24.6 Å². The molecule has 2 unspecified atom stereocenters. The second-order valence-corrected chi connectivity index (χ2v) is 3.40. The summed E-state index contributed by atoms with van der Waals surface area (Å²) < 4.78 is 5.19. The Hall–Kier alpha value is -0.0800. The summed E-state index contributed by atoms with van der Waals surface area (Å²) in [5, 5.41) is 3.32.